The molecule has 8 rings (SSSR count). The van der Waals surface area contributed by atoms with Crippen molar-refractivity contribution < 1.29 is 19.1 Å². The summed E-state index contributed by atoms with van der Waals surface area (Å²) in [6.45, 7) is 29.6. The van der Waals surface area contributed by atoms with Gasteiger partial charge in [-0.2, -0.15) is 0 Å². The maximum Gasteiger partial charge on any atom is 0.317 e. The first-order chi connectivity index (χ1) is 30.9. The Morgan fingerprint density at radius 1 is 0.554 bits per heavy atom. The summed E-state index contributed by atoms with van der Waals surface area (Å²) >= 11 is 0. The lowest BCUT2D eigenvalue weighted by Crippen LogP contribution is -2.51. The van der Waals surface area contributed by atoms with Crippen LogP contribution in [0.5, 0.6) is 0 Å². The van der Waals surface area contributed by atoms with Crippen molar-refractivity contribution in [3.63, 3.8) is 0 Å². The molecular weight excluding hydrogens is 797 g/mol. The Labute approximate surface area is 398 Å². The molecule has 4 nitrogen and oxygen atoms in total. The van der Waals surface area contributed by atoms with Crippen LogP contribution < -0.4 is 0 Å². The molecule has 0 spiro atoms. The van der Waals surface area contributed by atoms with Crippen molar-refractivity contribution in [2.45, 2.75) is 217 Å². The van der Waals surface area contributed by atoms with Crippen molar-refractivity contribution in [1.29, 1.82) is 0 Å². The highest BCUT2D eigenvalue weighted by Gasteiger charge is 2.61. The van der Waals surface area contributed by atoms with E-state index in [0.717, 1.165) is 85.9 Å². The van der Waals surface area contributed by atoms with Crippen LogP contribution in [0.25, 0.3) is 0 Å². The fourth-order valence-electron chi connectivity index (χ4n) is 18.4. The zero-order chi connectivity index (χ0) is 46.6. The van der Waals surface area contributed by atoms with Gasteiger partial charge in [0.15, 0.2) is 0 Å². The van der Waals surface area contributed by atoms with Crippen molar-refractivity contribution in [2.24, 2.45) is 105 Å². The van der Waals surface area contributed by atoms with E-state index < -0.39 is 11.9 Å². The maximum atomic E-state index is 13.4. The smallest absolute Gasteiger partial charge is 0.317 e. The van der Waals surface area contributed by atoms with Crippen LogP contribution in [-0.2, 0) is 19.1 Å². The van der Waals surface area contributed by atoms with E-state index >= 15 is 0 Å². The molecule has 0 unspecified atom stereocenters. The number of allylic oxidation sites excluding steroid dienone is 6. The lowest BCUT2D eigenvalue weighted by Gasteiger charge is -2.58. The first kappa shape index (κ1) is 49.3. The molecule has 6 saturated carbocycles. The normalized spacial score (nSPS) is 43.0. The average molecular weight is 893 g/mol. The Bertz CT molecular complexity index is 1700. The summed E-state index contributed by atoms with van der Waals surface area (Å²) in [4.78, 5) is 26.7. The molecule has 4 heteroatoms. The van der Waals surface area contributed by atoms with E-state index in [4.69, 9.17) is 9.47 Å². The number of fused-ring (bicyclic) bond motifs is 10. The average Bonchev–Trinajstić information content (AvgIpc) is 3.81. The van der Waals surface area contributed by atoms with Crippen molar-refractivity contribution in [1.82, 2.24) is 0 Å². The lowest BCUT2D eigenvalue weighted by atomic mass is 9.47. The SMILES string of the molecule is CC[C@@H](/C=C/[C@@H](C)[C@H]1CC[C@H]2[C@@H]3CC=C4C[C@@H](OC(=O)CC(=O)O[C@H]5CC[C@@]6(C)C(=CC[C@H]7[C@@H]8CC[C@H]([C@H](C)/C=C/[C@@H](CC)C(C)C)[C@@]8(C)CC[C@@H]76)C5)CC[C@]4(C)[C@H]3CC[C@]12C)C(C)C. The van der Waals surface area contributed by atoms with E-state index in [1.807, 2.05) is 0 Å². The highest BCUT2D eigenvalue weighted by atomic mass is 16.6. The van der Waals surface area contributed by atoms with Gasteiger partial charge in [0, 0.05) is 12.8 Å². The third-order valence-corrected chi connectivity index (χ3v) is 22.4. The van der Waals surface area contributed by atoms with Crippen LogP contribution in [0.15, 0.2) is 47.6 Å². The molecule has 65 heavy (non-hydrogen) atoms. The van der Waals surface area contributed by atoms with Crippen LogP contribution in [0.3, 0.4) is 0 Å². The van der Waals surface area contributed by atoms with Crippen LogP contribution in [0.2, 0.25) is 0 Å². The topological polar surface area (TPSA) is 52.6 Å². The number of rotatable bonds is 14. The van der Waals surface area contributed by atoms with Gasteiger partial charge in [-0.3, -0.25) is 9.59 Å². The molecule has 6 fully saturated rings. The molecule has 0 bridgehead atoms. The molecule has 0 radical (unpaired) electrons. The summed E-state index contributed by atoms with van der Waals surface area (Å²) in [5.41, 5.74) is 4.31. The lowest BCUT2D eigenvalue weighted by molar-refractivity contribution is -0.162. The van der Waals surface area contributed by atoms with Gasteiger partial charge in [-0.25, -0.2) is 0 Å². The van der Waals surface area contributed by atoms with Crippen molar-refractivity contribution >= 4 is 11.9 Å². The molecule has 0 N–H and O–H groups in total. The fourth-order valence-corrected chi connectivity index (χ4v) is 18.4. The molecule has 0 heterocycles. The second-order valence-corrected chi connectivity index (χ2v) is 26.0. The Morgan fingerprint density at radius 3 is 1.32 bits per heavy atom. The van der Waals surface area contributed by atoms with Crippen LogP contribution in [-0.4, -0.2) is 24.1 Å². The predicted octanol–water partition coefficient (Wildman–Crippen LogP) is 16.1. The number of hydrogen-bond donors (Lipinski definition) is 0. The number of hydrogen-bond acceptors (Lipinski definition) is 4. The summed E-state index contributed by atoms with van der Waals surface area (Å²) in [5, 5.41) is 0. The van der Waals surface area contributed by atoms with Crippen LogP contribution in [0.4, 0.5) is 0 Å². The summed E-state index contributed by atoms with van der Waals surface area (Å²) < 4.78 is 12.3. The second kappa shape index (κ2) is 19.4. The maximum absolute atomic E-state index is 13.4. The second-order valence-electron chi connectivity index (χ2n) is 26.0. The molecule has 8 aliphatic carbocycles. The van der Waals surface area contributed by atoms with Gasteiger partial charge in [-0.1, -0.05) is 131 Å². The molecule has 0 aromatic rings. The fraction of sp³-hybridized carbons (Fsp3) is 0.836. The minimum absolute atomic E-state index is 0.137. The van der Waals surface area contributed by atoms with Gasteiger partial charge in [0.2, 0.25) is 0 Å². The Morgan fingerprint density at radius 2 is 0.954 bits per heavy atom. The van der Waals surface area contributed by atoms with Crippen LogP contribution in [0.1, 0.15) is 205 Å². The molecule has 364 valence electrons. The van der Waals surface area contributed by atoms with Gasteiger partial charge in [0.25, 0.3) is 0 Å². The Hall–Kier alpha value is -2.10. The molecule has 0 aromatic heterocycles. The first-order valence-corrected chi connectivity index (χ1v) is 28.0. The highest BCUT2D eigenvalue weighted by molar-refractivity contribution is 5.91. The van der Waals surface area contributed by atoms with Gasteiger partial charge >= 0.3 is 11.9 Å². The summed E-state index contributed by atoms with van der Waals surface area (Å²) in [6, 6.07) is 0. The molecule has 0 saturated heterocycles. The molecule has 0 amide bonds. The van der Waals surface area contributed by atoms with E-state index in [0.29, 0.717) is 46.3 Å². The molecule has 18 atom stereocenters. The molecular formula is C61H96O4. The summed E-state index contributed by atoms with van der Waals surface area (Å²) in [5.74, 6) is 9.42. The van der Waals surface area contributed by atoms with E-state index in [9.17, 15) is 9.59 Å². The number of ether oxygens (including phenoxy) is 2. The van der Waals surface area contributed by atoms with Crippen molar-refractivity contribution in [3.05, 3.63) is 47.6 Å². The zero-order valence-corrected chi connectivity index (χ0v) is 43.8. The molecule has 0 aromatic carbocycles. The Balaban J connectivity index is 0.816. The van der Waals surface area contributed by atoms with E-state index in [-0.39, 0.29) is 29.5 Å². The van der Waals surface area contributed by atoms with Crippen molar-refractivity contribution in [2.75, 3.05) is 0 Å². The quantitative estimate of drug-likeness (QED) is 0.0990. The van der Waals surface area contributed by atoms with Gasteiger partial charge in [-0.05, 0) is 207 Å². The van der Waals surface area contributed by atoms with Crippen molar-refractivity contribution in [3.8, 4) is 0 Å². The van der Waals surface area contributed by atoms with Crippen LogP contribution in [0, 0.1) is 105 Å². The van der Waals surface area contributed by atoms with E-state index in [1.165, 1.54) is 88.2 Å². The highest BCUT2D eigenvalue weighted by Crippen LogP contribution is 2.69. The third kappa shape index (κ3) is 9.14. The van der Waals surface area contributed by atoms with Crippen LogP contribution >= 0.6 is 0 Å². The van der Waals surface area contributed by atoms with Gasteiger partial charge in [0.05, 0.1) is 0 Å². The monoisotopic (exact) mass is 893 g/mol. The van der Waals surface area contributed by atoms with Gasteiger partial charge in [0.1, 0.15) is 18.6 Å². The van der Waals surface area contributed by atoms with E-state index in [1.54, 1.807) is 0 Å². The predicted molar refractivity (Wildman–Crippen MR) is 269 cm³/mol. The third-order valence-electron chi connectivity index (χ3n) is 22.4. The largest absolute Gasteiger partial charge is 0.462 e. The number of esters is 2. The summed E-state index contributed by atoms with van der Waals surface area (Å²) in [7, 11) is 0. The van der Waals surface area contributed by atoms with Gasteiger partial charge in [-0.15, -0.1) is 0 Å². The van der Waals surface area contributed by atoms with E-state index in [2.05, 4.69) is 120 Å². The zero-order valence-electron chi connectivity index (χ0n) is 43.8. The minimum Gasteiger partial charge on any atom is -0.462 e. The standard InChI is InChI=1S/C61H96O4/c1-13-42(38(3)4)17-15-40(7)50-23-25-52-48-21-19-44-35-46(27-31-58(44,9)54(48)29-33-60(50,52)11)64-56(62)37-57(63)65-47-28-32-59(10)45(36-47)20-22-49-53-26-24-51(61(53,12)34-30-55(49)59)41(8)16-18-43(14-2)39(5)6/h15-20,38-43,46-55H,13-14,21-37H2,1-12H3/b17-15+,18-16+/t40-,41-,42-,43+,46+,47+,48+,49+,50-,51-,52+,53+,54+,55+,58+,59+,60-,61-/m1/s1. The molecule has 8 aliphatic rings. The minimum atomic E-state index is -0.402. The van der Waals surface area contributed by atoms with Gasteiger partial charge < -0.3 is 9.47 Å². The Kier molecular flexibility index (Phi) is 14.7. The number of carbonyl (C=O) groups is 2. The summed E-state index contributed by atoms with van der Waals surface area (Å²) in [6.07, 6.45) is 36.2. The molecule has 0 aliphatic heterocycles. The number of carbonyl (C=O) groups excluding carboxylic acids is 2. The first-order valence-electron chi connectivity index (χ1n) is 28.0.